The summed E-state index contributed by atoms with van der Waals surface area (Å²) >= 11 is 0. The van der Waals surface area contributed by atoms with Gasteiger partial charge in [-0.05, 0) is 30.2 Å². The van der Waals surface area contributed by atoms with Crippen molar-refractivity contribution >= 4 is 22.7 Å². The van der Waals surface area contributed by atoms with Gasteiger partial charge < -0.3 is 14.2 Å². The first-order chi connectivity index (χ1) is 13.5. The number of aromatic nitrogens is 2. The van der Waals surface area contributed by atoms with E-state index in [0.717, 1.165) is 61.0 Å². The second-order valence-electron chi connectivity index (χ2n) is 7.46. The molecule has 0 N–H and O–H groups in total. The number of anilines is 2. The van der Waals surface area contributed by atoms with Gasteiger partial charge in [0.2, 0.25) is 5.95 Å². The molecule has 0 unspecified atom stereocenters. The molecule has 1 aromatic carbocycles. The first-order valence-electron chi connectivity index (χ1n) is 9.51. The van der Waals surface area contributed by atoms with Crippen molar-refractivity contribution in [3.8, 4) is 0 Å². The van der Waals surface area contributed by atoms with Crippen LogP contribution in [-0.2, 0) is 6.54 Å². The Bertz CT molecular complexity index is 1040. The van der Waals surface area contributed by atoms with E-state index in [0.29, 0.717) is 5.58 Å². The topological polar surface area (TPSA) is 65.7 Å². The van der Waals surface area contributed by atoms with Crippen molar-refractivity contribution in [3.05, 3.63) is 58.1 Å². The molecule has 0 amide bonds. The van der Waals surface area contributed by atoms with Crippen LogP contribution < -0.4 is 15.4 Å². The summed E-state index contributed by atoms with van der Waals surface area (Å²) in [5.41, 5.74) is 2.49. The number of fused-ring (bicyclic) bond motifs is 1. The molecule has 3 heterocycles. The summed E-state index contributed by atoms with van der Waals surface area (Å²) in [6.45, 7) is 6.35. The highest BCUT2D eigenvalue weighted by atomic mass is 16.4. The van der Waals surface area contributed by atoms with Crippen LogP contribution in [0.25, 0.3) is 11.0 Å². The Morgan fingerprint density at radius 2 is 1.89 bits per heavy atom. The quantitative estimate of drug-likeness (QED) is 0.644. The lowest BCUT2D eigenvalue weighted by molar-refractivity contribution is 0.249. The van der Waals surface area contributed by atoms with Crippen molar-refractivity contribution in [1.82, 2.24) is 14.9 Å². The normalized spacial score (nSPS) is 15.2. The molecule has 7 heteroatoms. The fourth-order valence-electron chi connectivity index (χ4n) is 3.57. The number of hydrogen-bond acceptors (Lipinski definition) is 7. The summed E-state index contributed by atoms with van der Waals surface area (Å²) in [5, 5.41) is 1.01. The predicted octanol–water partition coefficient (Wildman–Crippen LogP) is 2.28. The van der Waals surface area contributed by atoms with E-state index in [1.807, 2.05) is 44.1 Å². The Morgan fingerprint density at radius 1 is 1.11 bits per heavy atom. The molecule has 1 aliphatic rings. The average Bonchev–Trinajstić information content (AvgIpc) is 2.68. The molecule has 0 radical (unpaired) electrons. The third-order valence-electron chi connectivity index (χ3n) is 5.10. The first kappa shape index (κ1) is 18.4. The Balaban J connectivity index is 1.47. The summed E-state index contributed by atoms with van der Waals surface area (Å²) in [4.78, 5) is 27.5. The maximum Gasteiger partial charge on any atom is 0.336 e. The van der Waals surface area contributed by atoms with Gasteiger partial charge in [-0.2, -0.15) is 4.98 Å². The maximum absolute atomic E-state index is 12.0. The molecule has 7 nitrogen and oxygen atoms in total. The van der Waals surface area contributed by atoms with Gasteiger partial charge in [-0.1, -0.05) is 12.1 Å². The van der Waals surface area contributed by atoms with E-state index in [1.54, 1.807) is 12.3 Å². The molecule has 28 heavy (non-hydrogen) atoms. The summed E-state index contributed by atoms with van der Waals surface area (Å²) in [5.74, 6) is 1.68. The second-order valence-corrected chi connectivity index (χ2v) is 7.46. The van der Waals surface area contributed by atoms with E-state index < -0.39 is 0 Å². The van der Waals surface area contributed by atoms with Gasteiger partial charge in [-0.3, -0.25) is 4.90 Å². The zero-order valence-corrected chi connectivity index (χ0v) is 16.6. The van der Waals surface area contributed by atoms with Gasteiger partial charge in [0.25, 0.3) is 0 Å². The zero-order valence-electron chi connectivity index (χ0n) is 16.6. The molecular formula is C21H25N5O2. The summed E-state index contributed by atoms with van der Waals surface area (Å²) in [7, 11) is 3.89. The molecule has 0 aliphatic carbocycles. The highest BCUT2D eigenvalue weighted by molar-refractivity contribution is 5.80. The molecule has 0 bridgehead atoms. The van der Waals surface area contributed by atoms with Gasteiger partial charge >= 0.3 is 5.63 Å². The van der Waals surface area contributed by atoms with Crippen molar-refractivity contribution in [2.75, 3.05) is 50.1 Å². The molecule has 1 saturated heterocycles. The Hall–Kier alpha value is -2.93. The lowest BCUT2D eigenvalue weighted by atomic mass is 10.1. The van der Waals surface area contributed by atoms with Gasteiger partial charge in [-0.15, -0.1) is 0 Å². The monoisotopic (exact) mass is 379 g/mol. The third kappa shape index (κ3) is 3.84. The molecule has 4 rings (SSSR count). The second kappa shape index (κ2) is 7.59. The van der Waals surface area contributed by atoms with Crippen LogP contribution in [0.15, 0.2) is 45.7 Å². The minimum Gasteiger partial charge on any atom is -0.423 e. The van der Waals surface area contributed by atoms with Crippen molar-refractivity contribution in [2.24, 2.45) is 0 Å². The molecule has 0 saturated carbocycles. The summed E-state index contributed by atoms with van der Waals surface area (Å²) < 4.78 is 5.38. The van der Waals surface area contributed by atoms with Crippen molar-refractivity contribution in [3.63, 3.8) is 0 Å². The van der Waals surface area contributed by atoms with E-state index in [-0.39, 0.29) is 5.63 Å². The molecular weight excluding hydrogens is 354 g/mol. The van der Waals surface area contributed by atoms with Gasteiger partial charge in [-0.25, -0.2) is 9.78 Å². The minimum absolute atomic E-state index is 0.288. The van der Waals surface area contributed by atoms with Crippen LogP contribution >= 0.6 is 0 Å². The molecule has 1 aliphatic heterocycles. The van der Waals surface area contributed by atoms with Crippen molar-refractivity contribution in [2.45, 2.75) is 13.5 Å². The molecule has 146 valence electrons. The highest BCUT2D eigenvalue weighted by Crippen LogP contribution is 2.21. The smallest absolute Gasteiger partial charge is 0.336 e. The van der Waals surface area contributed by atoms with Gasteiger partial charge in [0.05, 0.1) is 0 Å². The predicted molar refractivity (Wildman–Crippen MR) is 111 cm³/mol. The number of rotatable bonds is 4. The van der Waals surface area contributed by atoms with E-state index in [9.17, 15) is 4.79 Å². The Morgan fingerprint density at radius 3 is 2.64 bits per heavy atom. The van der Waals surface area contributed by atoms with Gasteiger partial charge in [0.15, 0.2) is 0 Å². The number of benzene rings is 1. The number of piperazine rings is 1. The van der Waals surface area contributed by atoms with Crippen LogP contribution in [0.3, 0.4) is 0 Å². The summed E-state index contributed by atoms with van der Waals surface area (Å²) in [6.07, 6.45) is 1.81. The van der Waals surface area contributed by atoms with E-state index in [2.05, 4.69) is 25.8 Å². The molecule has 0 atom stereocenters. The lowest BCUT2D eigenvalue weighted by Gasteiger charge is -2.35. The van der Waals surface area contributed by atoms with Crippen LogP contribution in [0, 0.1) is 6.92 Å². The highest BCUT2D eigenvalue weighted by Gasteiger charge is 2.20. The fraction of sp³-hybridized carbons (Fsp3) is 0.381. The number of hydrogen-bond donors (Lipinski definition) is 0. The van der Waals surface area contributed by atoms with Crippen molar-refractivity contribution < 1.29 is 4.42 Å². The van der Waals surface area contributed by atoms with Crippen LogP contribution in [0.4, 0.5) is 11.8 Å². The average molecular weight is 379 g/mol. The molecule has 3 aromatic rings. The van der Waals surface area contributed by atoms with Crippen LogP contribution in [-0.4, -0.2) is 55.1 Å². The fourth-order valence-corrected chi connectivity index (χ4v) is 3.57. The van der Waals surface area contributed by atoms with Crippen LogP contribution in [0.5, 0.6) is 0 Å². The van der Waals surface area contributed by atoms with Gasteiger partial charge in [0.1, 0.15) is 11.4 Å². The number of aryl methyl sites for hydroxylation is 1. The lowest BCUT2D eigenvalue weighted by Crippen LogP contribution is -2.46. The third-order valence-corrected chi connectivity index (χ3v) is 5.10. The Kier molecular flexibility index (Phi) is 5.00. The standard InChI is InChI=1S/C21H25N5O2/c1-15-4-5-17-16(13-20(27)28-18(17)12-15)14-25-8-10-26(11-9-25)19-6-7-22-21(23-19)24(2)3/h4-7,12-13H,8-11,14H2,1-3H3. The largest absolute Gasteiger partial charge is 0.423 e. The summed E-state index contributed by atoms with van der Waals surface area (Å²) in [6, 6.07) is 9.61. The minimum atomic E-state index is -0.288. The molecule has 2 aromatic heterocycles. The molecule has 1 fully saturated rings. The van der Waals surface area contributed by atoms with Crippen molar-refractivity contribution in [1.29, 1.82) is 0 Å². The van der Waals surface area contributed by atoms with Crippen LogP contribution in [0.1, 0.15) is 11.1 Å². The maximum atomic E-state index is 12.0. The first-order valence-corrected chi connectivity index (χ1v) is 9.51. The zero-order chi connectivity index (χ0) is 19.7. The Labute approximate surface area is 164 Å². The van der Waals surface area contributed by atoms with Gasteiger partial charge in [0, 0.05) is 64.5 Å². The van der Waals surface area contributed by atoms with E-state index in [1.165, 1.54) is 0 Å². The van der Waals surface area contributed by atoms with Crippen LogP contribution in [0.2, 0.25) is 0 Å². The SMILES string of the molecule is Cc1ccc2c(CN3CCN(c4ccnc(N(C)C)n4)CC3)cc(=O)oc2c1. The molecule has 0 spiro atoms. The van der Waals surface area contributed by atoms with E-state index in [4.69, 9.17) is 4.42 Å². The number of nitrogens with zero attached hydrogens (tertiary/aromatic N) is 5. The van der Waals surface area contributed by atoms with E-state index >= 15 is 0 Å².